The minimum absolute atomic E-state index is 0.0479. The lowest BCUT2D eigenvalue weighted by Crippen LogP contribution is -2.31. The molecule has 8 nitrogen and oxygen atoms in total. The monoisotopic (exact) mass is 353 g/mol. The van der Waals surface area contributed by atoms with Gasteiger partial charge in [0.05, 0.1) is 33.8 Å². The zero-order chi connectivity index (χ0) is 18.2. The van der Waals surface area contributed by atoms with Crippen LogP contribution in [0.15, 0.2) is 41.2 Å². The highest BCUT2D eigenvalue weighted by molar-refractivity contribution is 5.97. The summed E-state index contributed by atoms with van der Waals surface area (Å²) < 4.78 is 2.67. The maximum Gasteiger partial charge on any atom is 0.336 e. The largest absolute Gasteiger partial charge is 0.493 e. The Bertz CT molecular complexity index is 1150. The molecule has 1 aliphatic heterocycles. The van der Waals surface area contributed by atoms with Crippen LogP contribution in [-0.4, -0.2) is 30.4 Å². The number of rotatable bonds is 2. The van der Waals surface area contributed by atoms with Crippen LogP contribution in [0.4, 0.5) is 5.69 Å². The molecule has 2 heterocycles. The van der Waals surface area contributed by atoms with E-state index in [9.17, 15) is 25.1 Å². The highest BCUT2D eigenvalue weighted by atomic mass is 16.6. The number of fused-ring (bicyclic) bond motifs is 6. The SMILES string of the molecule is O=c1n(-c2ccc([N+](=O)[O-])c3ccccc23)c(O)c2n1[C@H]1C[C@@H]2C[C@H]1O. The molecule has 2 aromatic carbocycles. The summed E-state index contributed by atoms with van der Waals surface area (Å²) in [6, 6.07) is 9.24. The molecule has 2 N–H and O–H groups in total. The summed E-state index contributed by atoms with van der Waals surface area (Å²) in [6.07, 6.45) is 0.596. The summed E-state index contributed by atoms with van der Waals surface area (Å²) in [5.74, 6) is -0.193. The number of aliphatic hydroxyl groups excluding tert-OH is 1. The molecule has 0 spiro atoms. The molecule has 3 aromatic rings. The summed E-state index contributed by atoms with van der Waals surface area (Å²) in [6.45, 7) is 0. The smallest absolute Gasteiger partial charge is 0.336 e. The van der Waals surface area contributed by atoms with E-state index in [1.54, 1.807) is 24.3 Å². The van der Waals surface area contributed by atoms with E-state index < -0.39 is 16.7 Å². The van der Waals surface area contributed by atoms with Crippen molar-refractivity contribution in [1.29, 1.82) is 0 Å². The molecule has 1 fully saturated rings. The Labute approximate surface area is 146 Å². The van der Waals surface area contributed by atoms with Gasteiger partial charge in [-0.2, -0.15) is 0 Å². The zero-order valence-electron chi connectivity index (χ0n) is 13.6. The van der Waals surface area contributed by atoms with E-state index in [0.717, 1.165) is 0 Å². The third-order valence-electron chi connectivity index (χ3n) is 5.63. The molecule has 132 valence electrons. The summed E-state index contributed by atoms with van der Waals surface area (Å²) >= 11 is 0. The van der Waals surface area contributed by atoms with Crippen molar-refractivity contribution in [3.63, 3.8) is 0 Å². The summed E-state index contributed by atoms with van der Waals surface area (Å²) in [4.78, 5) is 23.8. The Kier molecular flexibility index (Phi) is 2.88. The van der Waals surface area contributed by atoms with Gasteiger partial charge in [0.25, 0.3) is 5.69 Å². The van der Waals surface area contributed by atoms with Crippen LogP contribution in [0.1, 0.15) is 30.5 Å². The molecule has 2 aliphatic rings. The van der Waals surface area contributed by atoms with Crippen molar-refractivity contribution in [2.45, 2.75) is 30.9 Å². The van der Waals surface area contributed by atoms with Crippen LogP contribution in [0.2, 0.25) is 0 Å². The van der Waals surface area contributed by atoms with Crippen molar-refractivity contribution in [2.24, 2.45) is 0 Å². The average molecular weight is 353 g/mol. The van der Waals surface area contributed by atoms with Gasteiger partial charge in [0.15, 0.2) is 0 Å². The number of aromatic nitrogens is 2. The van der Waals surface area contributed by atoms with Crippen LogP contribution >= 0.6 is 0 Å². The number of benzene rings is 2. The number of imidazole rings is 1. The van der Waals surface area contributed by atoms with Gasteiger partial charge < -0.3 is 10.2 Å². The Morgan fingerprint density at radius 3 is 2.58 bits per heavy atom. The van der Waals surface area contributed by atoms with Gasteiger partial charge in [0.2, 0.25) is 5.88 Å². The van der Waals surface area contributed by atoms with Gasteiger partial charge in [0, 0.05) is 17.4 Å². The molecule has 1 aromatic heterocycles. The number of nitrogens with zero attached hydrogens (tertiary/aromatic N) is 3. The molecule has 3 atom stereocenters. The first-order valence-corrected chi connectivity index (χ1v) is 8.39. The molecular weight excluding hydrogens is 338 g/mol. The second-order valence-electron chi connectivity index (χ2n) is 6.91. The molecular formula is C18H15N3O5. The molecule has 26 heavy (non-hydrogen) atoms. The molecule has 2 bridgehead atoms. The van der Waals surface area contributed by atoms with Crippen molar-refractivity contribution in [3.8, 4) is 11.6 Å². The minimum Gasteiger partial charge on any atom is -0.493 e. The molecule has 5 rings (SSSR count). The van der Waals surface area contributed by atoms with E-state index in [1.165, 1.54) is 21.3 Å². The normalized spacial score (nSPS) is 23.5. The lowest BCUT2D eigenvalue weighted by molar-refractivity contribution is -0.383. The Morgan fingerprint density at radius 1 is 1.12 bits per heavy atom. The lowest BCUT2D eigenvalue weighted by atomic mass is 10.0. The molecule has 8 heteroatoms. The molecule has 1 saturated carbocycles. The van der Waals surface area contributed by atoms with E-state index >= 15 is 0 Å². The third-order valence-corrected chi connectivity index (χ3v) is 5.63. The predicted octanol–water partition coefficient (Wildman–Crippen LogP) is 2.20. The first-order chi connectivity index (χ1) is 12.5. The highest BCUT2D eigenvalue weighted by Crippen LogP contribution is 2.51. The highest BCUT2D eigenvalue weighted by Gasteiger charge is 2.47. The van der Waals surface area contributed by atoms with Crippen LogP contribution < -0.4 is 5.69 Å². The van der Waals surface area contributed by atoms with Gasteiger partial charge in [-0.3, -0.25) is 14.7 Å². The van der Waals surface area contributed by atoms with Gasteiger partial charge in [-0.25, -0.2) is 9.36 Å². The van der Waals surface area contributed by atoms with Crippen molar-refractivity contribution < 1.29 is 15.1 Å². The minimum atomic E-state index is -0.589. The molecule has 1 aliphatic carbocycles. The summed E-state index contributed by atoms with van der Waals surface area (Å²) in [5, 5.41) is 33.1. The van der Waals surface area contributed by atoms with E-state index in [4.69, 9.17) is 0 Å². The van der Waals surface area contributed by atoms with E-state index in [2.05, 4.69) is 0 Å². The fourth-order valence-corrected chi connectivity index (χ4v) is 4.56. The molecule has 0 amide bonds. The van der Waals surface area contributed by atoms with Gasteiger partial charge in [-0.05, 0) is 25.0 Å². The van der Waals surface area contributed by atoms with Gasteiger partial charge in [-0.1, -0.05) is 18.2 Å². The number of nitro benzene ring substituents is 1. The van der Waals surface area contributed by atoms with Crippen LogP contribution in [0, 0.1) is 10.1 Å². The van der Waals surface area contributed by atoms with Crippen molar-refractivity contribution in [3.05, 3.63) is 62.7 Å². The Hall–Kier alpha value is -3.13. The number of non-ortho nitro benzene ring substituents is 1. The van der Waals surface area contributed by atoms with Gasteiger partial charge >= 0.3 is 5.69 Å². The fourth-order valence-electron chi connectivity index (χ4n) is 4.56. The second-order valence-corrected chi connectivity index (χ2v) is 6.91. The standard InChI is InChI=1S/C18H15N3O5/c22-15-8-9-7-14(15)19-16(9)17(23)20(18(19)24)12-5-6-13(21(25)26)11-4-2-1-3-10(11)12/h1-6,9,14-15,22-23H,7-8H2/t9-,14+,15-/m1/s1. The quantitative estimate of drug-likeness (QED) is 0.542. The molecule has 0 radical (unpaired) electrons. The predicted molar refractivity (Wildman–Crippen MR) is 92.9 cm³/mol. The maximum atomic E-state index is 13.0. The van der Waals surface area contributed by atoms with E-state index in [-0.39, 0.29) is 23.5 Å². The number of aliphatic hydroxyl groups is 1. The van der Waals surface area contributed by atoms with Crippen LogP contribution in [0.5, 0.6) is 5.88 Å². The molecule has 0 unspecified atom stereocenters. The van der Waals surface area contributed by atoms with E-state index in [0.29, 0.717) is 35.0 Å². The van der Waals surface area contributed by atoms with Gasteiger partial charge in [-0.15, -0.1) is 0 Å². The van der Waals surface area contributed by atoms with E-state index in [1.807, 2.05) is 0 Å². The summed E-state index contributed by atoms with van der Waals surface area (Å²) in [5.41, 5.74) is 0.458. The van der Waals surface area contributed by atoms with Crippen molar-refractivity contribution in [2.75, 3.05) is 0 Å². The van der Waals surface area contributed by atoms with Crippen LogP contribution in [-0.2, 0) is 0 Å². The lowest BCUT2D eigenvalue weighted by Gasteiger charge is -2.18. The Morgan fingerprint density at radius 2 is 1.85 bits per heavy atom. The summed E-state index contributed by atoms with van der Waals surface area (Å²) in [7, 11) is 0. The maximum absolute atomic E-state index is 13.0. The van der Waals surface area contributed by atoms with Crippen LogP contribution in [0.3, 0.4) is 0 Å². The van der Waals surface area contributed by atoms with Gasteiger partial charge in [0.1, 0.15) is 0 Å². The fraction of sp³-hybridized carbons (Fsp3) is 0.278. The number of hydrogen-bond acceptors (Lipinski definition) is 5. The first kappa shape index (κ1) is 15.2. The van der Waals surface area contributed by atoms with Crippen molar-refractivity contribution in [1.82, 2.24) is 9.13 Å². The zero-order valence-corrected chi connectivity index (χ0v) is 13.6. The molecule has 0 saturated heterocycles. The van der Waals surface area contributed by atoms with Crippen molar-refractivity contribution >= 4 is 16.5 Å². The van der Waals surface area contributed by atoms with Crippen LogP contribution in [0.25, 0.3) is 16.5 Å². The Balaban J connectivity index is 1.82. The number of hydrogen-bond donors (Lipinski definition) is 2. The second kappa shape index (κ2) is 4.95. The number of aromatic hydroxyl groups is 1. The number of nitro groups is 1. The third kappa shape index (κ3) is 1.74. The topological polar surface area (TPSA) is 111 Å². The average Bonchev–Trinajstić information content (AvgIpc) is 3.25. The first-order valence-electron chi connectivity index (χ1n) is 8.39.